The number of H-pyrrole nitrogens is 2. The lowest BCUT2D eigenvalue weighted by atomic mass is 10.1. The molecule has 1 atom stereocenters. The highest BCUT2D eigenvalue weighted by Crippen LogP contribution is 2.39. The normalized spacial score (nSPS) is 12.6. The molecular formula is C11H14ClN4O7P. The van der Waals surface area contributed by atoms with E-state index in [4.69, 9.17) is 9.79 Å². The molecule has 0 aliphatic carbocycles. The molecule has 13 heteroatoms. The molecule has 1 aromatic heterocycles. The second-order valence-electron chi connectivity index (χ2n) is 4.84. The summed E-state index contributed by atoms with van der Waals surface area (Å²) in [6.45, 7) is 1.09. The van der Waals surface area contributed by atoms with Crippen LogP contribution < -0.4 is 16.4 Å². The number of fused-ring (bicyclic) bond motifs is 1. The third kappa shape index (κ3) is 4.28. The van der Waals surface area contributed by atoms with Crippen LogP contribution in [0.15, 0.2) is 21.7 Å². The van der Waals surface area contributed by atoms with Gasteiger partial charge in [-0.3, -0.25) is 29.6 Å². The highest BCUT2D eigenvalue weighted by atomic mass is 35.5. The van der Waals surface area contributed by atoms with Crippen molar-refractivity contribution in [3.8, 4) is 0 Å². The Morgan fingerprint density at radius 3 is 2.42 bits per heavy atom. The van der Waals surface area contributed by atoms with E-state index < -0.39 is 29.4 Å². The average molecular weight is 381 g/mol. The molecular weight excluding hydrogens is 367 g/mol. The second-order valence-corrected chi connectivity index (χ2v) is 6.79. The number of aromatic nitrogens is 2. The van der Waals surface area contributed by atoms with Crippen molar-refractivity contribution in [3.63, 3.8) is 0 Å². The number of hydrogen-bond donors (Lipinski definition) is 5. The molecule has 2 rings (SSSR count). The zero-order chi connectivity index (χ0) is 17.4. The number of non-ortho nitro benzene ring substituents is 1. The van der Waals surface area contributed by atoms with Gasteiger partial charge in [0.2, 0.25) is 0 Å². The number of nitrogens with one attached hydrogen (secondary N) is 3. The minimum Gasteiger partial charge on any atom is -0.323 e. The first kappa shape index (κ1) is 20.0. The van der Waals surface area contributed by atoms with Gasteiger partial charge in [-0.05, 0) is 12.5 Å². The van der Waals surface area contributed by atoms with Crippen molar-refractivity contribution in [2.75, 3.05) is 0 Å². The maximum atomic E-state index is 11.4. The smallest absolute Gasteiger partial charge is 0.323 e. The van der Waals surface area contributed by atoms with Crippen LogP contribution in [0.5, 0.6) is 0 Å². The first-order valence-electron chi connectivity index (χ1n) is 6.32. The molecule has 0 amide bonds. The molecule has 0 aliphatic rings. The quantitative estimate of drug-likeness (QED) is 0.210. The summed E-state index contributed by atoms with van der Waals surface area (Å²) in [5, 5.41) is 13.5. The minimum atomic E-state index is -4.38. The van der Waals surface area contributed by atoms with Crippen LogP contribution in [-0.4, -0.2) is 30.5 Å². The summed E-state index contributed by atoms with van der Waals surface area (Å²) in [4.78, 5) is 55.6. The molecule has 1 unspecified atom stereocenters. The molecule has 5 N–H and O–H groups in total. The molecule has 132 valence electrons. The number of benzene rings is 1. The lowest BCUT2D eigenvalue weighted by Crippen LogP contribution is -2.30. The van der Waals surface area contributed by atoms with Crippen molar-refractivity contribution in [3.05, 3.63) is 48.5 Å². The summed E-state index contributed by atoms with van der Waals surface area (Å²) in [7, 11) is -4.38. The SMILES string of the molecule is CC(NCc1cc([N+](=O)[O-])cc2[nH]c(=O)c(=O)[nH]c12)P(=O)(O)O.Cl. The Morgan fingerprint density at radius 2 is 1.88 bits per heavy atom. The molecule has 0 fully saturated rings. The first-order valence-corrected chi connectivity index (χ1v) is 8.00. The fourth-order valence-electron chi connectivity index (χ4n) is 1.90. The monoisotopic (exact) mass is 380 g/mol. The number of rotatable bonds is 5. The molecule has 2 aromatic rings. The first-order chi connectivity index (χ1) is 10.6. The molecule has 11 nitrogen and oxygen atoms in total. The van der Waals surface area contributed by atoms with Gasteiger partial charge >= 0.3 is 18.7 Å². The van der Waals surface area contributed by atoms with Crippen molar-refractivity contribution in [2.24, 2.45) is 0 Å². The summed E-state index contributed by atoms with van der Waals surface area (Å²) in [6, 6.07) is 2.23. The van der Waals surface area contributed by atoms with E-state index in [-0.39, 0.29) is 41.2 Å². The predicted octanol–water partition coefficient (Wildman–Crippen LogP) is 0.160. The Labute approximate surface area is 139 Å². The molecule has 0 saturated carbocycles. The number of halogens is 1. The van der Waals surface area contributed by atoms with Crippen LogP contribution in [0.3, 0.4) is 0 Å². The molecule has 0 spiro atoms. The maximum absolute atomic E-state index is 11.4. The van der Waals surface area contributed by atoms with Crippen LogP contribution in [0.2, 0.25) is 0 Å². The van der Waals surface area contributed by atoms with Gasteiger partial charge in [0.15, 0.2) is 0 Å². The second kappa shape index (κ2) is 7.24. The maximum Gasteiger partial charge on any atom is 0.342 e. The molecule has 0 bridgehead atoms. The van der Waals surface area contributed by atoms with Crippen LogP contribution in [0.25, 0.3) is 11.0 Å². The van der Waals surface area contributed by atoms with E-state index in [9.17, 15) is 24.3 Å². The molecule has 1 aromatic carbocycles. The van der Waals surface area contributed by atoms with Crippen LogP contribution in [-0.2, 0) is 11.1 Å². The van der Waals surface area contributed by atoms with E-state index in [0.29, 0.717) is 0 Å². The van der Waals surface area contributed by atoms with Gasteiger partial charge in [-0.2, -0.15) is 0 Å². The zero-order valence-corrected chi connectivity index (χ0v) is 13.9. The van der Waals surface area contributed by atoms with E-state index in [1.165, 1.54) is 6.92 Å². The van der Waals surface area contributed by atoms with Crippen LogP contribution >= 0.6 is 20.0 Å². The lowest BCUT2D eigenvalue weighted by molar-refractivity contribution is -0.384. The van der Waals surface area contributed by atoms with Crippen LogP contribution in [0.4, 0.5) is 5.69 Å². The average Bonchev–Trinajstić information content (AvgIpc) is 2.44. The van der Waals surface area contributed by atoms with Gasteiger partial charge in [-0.25, -0.2) is 0 Å². The highest BCUT2D eigenvalue weighted by molar-refractivity contribution is 7.52. The largest absolute Gasteiger partial charge is 0.342 e. The highest BCUT2D eigenvalue weighted by Gasteiger charge is 2.23. The van der Waals surface area contributed by atoms with Gasteiger partial charge in [0.1, 0.15) is 5.78 Å². The standard InChI is InChI=1S/C11H13N4O7P.ClH/c1-5(23(20,21)22)12-4-6-2-7(15(18)19)3-8-9(6)14-11(17)10(16)13-8;/h2-3,5,12H,4H2,1H3,(H,13,16)(H,14,17)(H2,20,21,22);1H. The van der Waals surface area contributed by atoms with Crippen LogP contribution in [0, 0.1) is 10.1 Å². The fraction of sp³-hybridized carbons (Fsp3) is 0.273. The fourth-order valence-corrected chi connectivity index (χ4v) is 2.23. The summed E-state index contributed by atoms with van der Waals surface area (Å²) in [6.07, 6.45) is 0. The van der Waals surface area contributed by atoms with Gasteiger partial charge in [0, 0.05) is 18.7 Å². The molecule has 24 heavy (non-hydrogen) atoms. The zero-order valence-electron chi connectivity index (χ0n) is 12.2. The number of nitrogens with zero attached hydrogens (tertiary/aromatic N) is 1. The summed E-state index contributed by atoms with van der Waals surface area (Å²) < 4.78 is 11.1. The van der Waals surface area contributed by atoms with Crippen molar-refractivity contribution in [1.82, 2.24) is 15.3 Å². The Bertz CT molecular complexity index is 934. The molecule has 0 radical (unpaired) electrons. The van der Waals surface area contributed by atoms with Crippen molar-refractivity contribution >= 4 is 36.7 Å². The Kier molecular flexibility index (Phi) is 6.04. The Balaban J connectivity index is 0.00000288. The van der Waals surface area contributed by atoms with Crippen molar-refractivity contribution in [2.45, 2.75) is 19.3 Å². The minimum absolute atomic E-state index is 0. The van der Waals surface area contributed by atoms with E-state index in [2.05, 4.69) is 15.3 Å². The third-order valence-electron chi connectivity index (χ3n) is 3.20. The van der Waals surface area contributed by atoms with Gasteiger partial charge in [-0.1, -0.05) is 0 Å². The summed E-state index contributed by atoms with van der Waals surface area (Å²) in [5.41, 5.74) is -1.82. The van der Waals surface area contributed by atoms with Crippen LogP contribution in [0.1, 0.15) is 12.5 Å². The number of nitro groups is 1. The Hall–Kier alpha value is -2.04. The van der Waals surface area contributed by atoms with Crippen molar-refractivity contribution < 1.29 is 19.3 Å². The van der Waals surface area contributed by atoms with Gasteiger partial charge in [-0.15, -0.1) is 12.4 Å². The van der Waals surface area contributed by atoms with E-state index in [0.717, 1.165) is 12.1 Å². The summed E-state index contributed by atoms with van der Waals surface area (Å²) >= 11 is 0. The third-order valence-corrected chi connectivity index (χ3v) is 4.39. The van der Waals surface area contributed by atoms with Gasteiger partial charge in [0.25, 0.3) is 5.69 Å². The van der Waals surface area contributed by atoms with Gasteiger partial charge < -0.3 is 19.8 Å². The molecule has 0 aliphatic heterocycles. The molecule has 0 saturated heterocycles. The van der Waals surface area contributed by atoms with E-state index >= 15 is 0 Å². The lowest BCUT2D eigenvalue weighted by Gasteiger charge is -2.15. The summed E-state index contributed by atoms with van der Waals surface area (Å²) in [5.74, 6) is -1.19. The number of hydrogen-bond acceptors (Lipinski definition) is 6. The van der Waals surface area contributed by atoms with E-state index in [1.54, 1.807) is 0 Å². The van der Waals surface area contributed by atoms with Gasteiger partial charge in [0.05, 0.1) is 16.0 Å². The van der Waals surface area contributed by atoms with E-state index in [1.807, 2.05) is 0 Å². The number of nitro benzene ring substituents is 1. The Morgan fingerprint density at radius 1 is 1.29 bits per heavy atom. The topological polar surface area (TPSA) is 178 Å². The predicted molar refractivity (Wildman–Crippen MR) is 87.4 cm³/mol. The molecule has 1 heterocycles. The van der Waals surface area contributed by atoms with Crippen molar-refractivity contribution in [1.29, 1.82) is 0 Å². The number of aromatic amines is 2.